The van der Waals surface area contributed by atoms with Gasteiger partial charge >= 0.3 is 0 Å². The molecular formula is C18H28N6O. The van der Waals surface area contributed by atoms with Crippen LogP contribution in [0.3, 0.4) is 0 Å². The van der Waals surface area contributed by atoms with Gasteiger partial charge < -0.3 is 19.9 Å². The number of hydrogen-bond acceptors (Lipinski definition) is 6. The summed E-state index contributed by atoms with van der Waals surface area (Å²) in [7, 11) is 6.06. The monoisotopic (exact) mass is 344 g/mol. The maximum Gasteiger partial charge on any atom is 0.132 e. The number of aryl methyl sites for hydroxylation is 2. The van der Waals surface area contributed by atoms with Crippen molar-refractivity contribution in [2.24, 2.45) is 7.05 Å². The lowest BCUT2D eigenvalue weighted by Crippen LogP contribution is -2.38. The number of nitrogens with one attached hydrogen (secondary N) is 1. The highest BCUT2D eigenvalue weighted by Crippen LogP contribution is 2.24. The molecule has 25 heavy (non-hydrogen) atoms. The second kappa shape index (κ2) is 7.84. The van der Waals surface area contributed by atoms with Gasteiger partial charge in [-0.1, -0.05) is 6.07 Å². The van der Waals surface area contributed by atoms with E-state index in [4.69, 9.17) is 4.74 Å². The van der Waals surface area contributed by atoms with E-state index < -0.39 is 0 Å². The van der Waals surface area contributed by atoms with Gasteiger partial charge in [0.2, 0.25) is 0 Å². The van der Waals surface area contributed by atoms with Crippen molar-refractivity contribution in [1.82, 2.24) is 20.1 Å². The summed E-state index contributed by atoms with van der Waals surface area (Å²) in [5, 5.41) is 8.20. The van der Waals surface area contributed by atoms with Crippen LogP contribution in [0, 0.1) is 6.92 Å². The molecule has 1 saturated heterocycles. The lowest BCUT2D eigenvalue weighted by atomic mass is 10.2. The Morgan fingerprint density at radius 1 is 1.24 bits per heavy atom. The summed E-state index contributed by atoms with van der Waals surface area (Å²) in [6.45, 7) is 7.03. The Hall–Kier alpha value is -2.12. The molecule has 0 aliphatic carbocycles. The predicted molar refractivity (Wildman–Crippen MR) is 100 cm³/mol. The zero-order valence-corrected chi connectivity index (χ0v) is 15.6. The number of hydrogen-bond donors (Lipinski definition) is 1. The molecule has 3 rings (SSSR count). The van der Waals surface area contributed by atoms with Crippen molar-refractivity contribution in [3.8, 4) is 0 Å². The molecule has 1 aliphatic heterocycles. The van der Waals surface area contributed by atoms with Crippen LogP contribution >= 0.6 is 0 Å². The van der Waals surface area contributed by atoms with Crippen molar-refractivity contribution in [2.45, 2.75) is 20.0 Å². The van der Waals surface area contributed by atoms with Crippen LogP contribution in [0.25, 0.3) is 0 Å². The van der Waals surface area contributed by atoms with Gasteiger partial charge in [-0.05, 0) is 13.0 Å². The topological polar surface area (TPSA) is 58.5 Å². The van der Waals surface area contributed by atoms with Crippen LogP contribution in [0.4, 0.5) is 11.6 Å². The third-order valence-corrected chi connectivity index (χ3v) is 4.53. The van der Waals surface area contributed by atoms with Crippen molar-refractivity contribution in [1.29, 1.82) is 0 Å². The molecule has 3 heterocycles. The van der Waals surface area contributed by atoms with Gasteiger partial charge in [-0.25, -0.2) is 4.98 Å². The zero-order valence-electron chi connectivity index (χ0n) is 15.6. The van der Waals surface area contributed by atoms with Gasteiger partial charge in [0.1, 0.15) is 11.6 Å². The first-order valence-corrected chi connectivity index (χ1v) is 8.75. The molecule has 1 aliphatic rings. The molecule has 1 N–H and O–H groups in total. The first kappa shape index (κ1) is 17.7. The fraction of sp³-hybridized carbons (Fsp3) is 0.556. The summed E-state index contributed by atoms with van der Waals surface area (Å²) in [5.41, 5.74) is 3.54. The van der Waals surface area contributed by atoms with Gasteiger partial charge in [0.05, 0.1) is 18.9 Å². The highest BCUT2D eigenvalue weighted by molar-refractivity contribution is 5.51. The molecule has 0 aromatic carbocycles. The smallest absolute Gasteiger partial charge is 0.132 e. The third kappa shape index (κ3) is 3.93. The van der Waals surface area contributed by atoms with Crippen LogP contribution < -0.4 is 15.1 Å². The summed E-state index contributed by atoms with van der Waals surface area (Å²) < 4.78 is 7.48. The van der Waals surface area contributed by atoms with Crippen molar-refractivity contribution >= 4 is 11.6 Å². The average Bonchev–Trinajstić information content (AvgIpc) is 2.89. The standard InChI is InChI=1S/C18H28N6O/c1-14-16(18(23(4)21-14)24-8-10-25-11-9-24)13-19-12-15-6-5-7-20-17(15)22(2)3/h5-7,19H,8-13H2,1-4H3. The van der Waals surface area contributed by atoms with E-state index in [9.17, 15) is 0 Å². The Morgan fingerprint density at radius 3 is 2.72 bits per heavy atom. The molecule has 136 valence electrons. The number of aromatic nitrogens is 3. The SMILES string of the molecule is Cc1nn(C)c(N2CCOCC2)c1CNCc1cccnc1N(C)C. The maximum atomic E-state index is 5.48. The van der Waals surface area contributed by atoms with Crippen LogP contribution in [0.2, 0.25) is 0 Å². The van der Waals surface area contributed by atoms with E-state index in [0.717, 1.165) is 50.9 Å². The van der Waals surface area contributed by atoms with Crippen LogP contribution in [-0.4, -0.2) is 55.2 Å². The van der Waals surface area contributed by atoms with Crippen LogP contribution in [0.5, 0.6) is 0 Å². The molecule has 0 unspecified atom stereocenters. The summed E-state index contributed by atoms with van der Waals surface area (Å²) in [4.78, 5) is 8.88. The quantitative estimate of drug-likeness (QED) is 0.853. The molecule has 1 fully saturated rings. The number of nitrogens with zero attached hydrogens (tertiary/aromatic N) is 5. The second-order valence-corrected chi connectivity index (χ2v) is 6.59. The summed E-state index contributed by atoms with van der Waals surface area (Å²) in [6.07, 6.45) is 1.83. The number of pyridine rings is 1. The van der Waals surface area contributed by atoms with Gasteiger partial charge in [0.15, 0.2) is 0 Å². The Morgan fingerprint density at radius 2 is 2.00 bits per heavy atom. The molecule has 0 radical (unpaired) electrons. The minimum Gasteiger partial charge on any atom is -0.378 e. The first-order chi connectivity index (χ1) is 12.1. The van der Waals surface area contributed by atoms with Crippen LogP contribution in [0.1, 0.15) is 16.8 Å². The van der Waals surface area contributed by atoms with Gasteiger partial charge in [0, 0.05) is 64.6 Å². The molecule has 2 aromatic heterocycles. The molecule has 0 spiro atoms. The average molecular weight is 344 g/mol. The largest absolute Gasteiger partial charge is 0.378 e. The summed E-state index contributed by atoms with van der Waals surface area (Å²) in [5.74, 6) is 2.21. The van der Waals surface area contributed by atoms with E-state index in [1.807, 2.05) is 43.0 Å². The predicted octanol–water partition coefficient (Wildman–Crippen LogP) is 1.32. The zero-order chi connectivity index (χ0) is 17.8. The van der Waals surface area contributed by atoms with E-state index in [-0.39, 0.29) is 0 Å². The molecule has 0 saturated carbocycles. The Balaban J connectivity index is 1.71. The normalized spacial score (nSPS) is 14.8. The van der Waals surface area contributed by atoms with E-state index in [1.54, 1.807) is 0 Å². The Bertz CT molecular complexity index is 706. The fourth-order valence-corrected chi connectivity index (χ4v) is 3.36. The molecule has 0 bridgehead atoms. The molecular weight excluding hydrogens is 316 g/mol. The third-order valence-electron chi connectivity index (χ3n) is 4.53. The number of anilines is 2. The maximum absolute atomic E-state index is 5.48. The second-order valence-electron chi connectivity index (χ2n) is 6.59. The van der Waals surface area contributed by atoms with Crippen molar-refractivity contribution in [3.05, 3.63) is 35.2 Å². The minimum atomic E-state index is 0.776. The molecule has 2 aromatic rings. The summed E-state index contributed by atoms with van der Waals surface area (Å²) in [6, 6.07) is 4.10. The number of rotatable bonds is 6. The lowest BCUT2D eigenvalue weighted by Gasteiger charge is -2.29. The number of morpholine rings is 1. The van der Waals surface area contributed by atoms with E-state index in [0.29, 0.717) is 0 Å². The van der Waals surface area contributed by atoms with Crippen molar-refractivity contribution in [2.75, 3.05) is 50.2 Å². The van der Waals surface area contributed by atoms with E-state index in [1.165, 1.54) is 16.9 Å². The Kier molecular flexibility index (Phi) is 5.55. The first-order valence-electron chi connectivity index (χ1n) is 8.75. The van der Waals surface area contributed by atoms with E-state index in [2.05, 4.69) is 33.3 Å². The fourth-order valence-electron chi connectivity index (χ4n) is 3.36. The van der Waals surface area contributed by atoms with Gasteiger partial charge in [0.25, 0.3) is 0 Å². The molecule has 7 heteroatoms. The van der Waals surface area contributed by atoms with E-state index >= 15 is 0 Å². The molecule has 0 amide bonds. The van der Waals surface area contributed by atoms with Crippen molar-refractivity contribution < 1.29 is 4.74 Å². The lowest BCUT2D eigenvalue weighted by molar-refractivity contribution is 0.122. The van der Waals surface area contributed by atoms with Crippen molar-refractivity contribution in [3.63, 3.8) is 0 Å². The van der Waals surface area contributed by atoms with Crippen LogP contribution in [0.15, 0.2) is 18.3 Å². The van der Waals surface area contributed by atoms with Gasteiger partial charge in [-0.3, -0.25) is 4.68 Å². The number of ether oxygens (including phenoxy) is 1. The van der Waals surface area contributed by atoms with Gasteiger partial charge in [-0.2, -0.15) is 5.10 Å². The highest BCUT2D eigenvalue weighted by Gasteiger charge is 2.21. The van der Waals surface area contributed by atoms with Crippen LogP contribution in [-0.2, 0) is 24.9 Å². The molecule has 7 nitrogen and oxygen atoms in total. The Labute approximate surface area is 149 Å². The highest BCUT2D eigenvalue weighted by atomic mass is 16.5. The summed E-state index contributed by atoms with van der Waals surface area (Å²) >= 11 is 0. The van der Waals surface area contributed by atoms with Gasteiger partial charge in [-0.15, -0.1) is 0 Å². The molecule has 0 atom stereocenters. The minimum absolute atomic E-state index is 0.776.